The number of halogens is 1. The van der Waals surface area contributed by atoms with Gasteiger partial charge in [0.25, 0.3) is 0 Å². The van der Waals surface area contributed by atoms with Crippen molar-refractivity contribution in [3.63, 3.8) is 0 Å². The molecule has 90 valence electrons. The largest absolute Gasteiger partial charge is 0.378 e. The Morgan fingerprint density at radius 2 is 2.19 bits per heavy atom. The predicted molar refractivity (Wildman–Crippen MR) is 69.3 cm³/mol. The minimum Gasteiger partial charge on any atom is -0.378 e. The maximum Gasteiger partial charge on any atom is 0.0662 e. The van der Waals surface area contributed by atoms with Gasteiger partial charge >= 0.3 is 0 Å². The van der Waals surface area contributed by atoms with E-state index in [0.717, 1.165) is 19.8 Å². The molecule has 0 aromatic heterocycles. The van der Waals surface area contributed by atoms with Crippen LogP contribution in [0.15, 0.2) is 24.3 Å². The summed E-state index contributed by atoms with van der Waals surface area (Å²) in [5.41, 5.74) is 2.75. The normalized spacial score (nSPS) is 20.6. The topological polar surface area (TPSA) is 21.3 Å². The fourth-order valence-corrected chi connectivity index (χ4v) is 1.91. The van der Waals surface area contributed by atoms with Crippen molar-refractivity contribution in [1.29, 1.82) is 0 Å². The summed E-state index contributed by atoms with van der Waals surface area (Å²) >= 11 is 0. The second-order valence-corrected chi connectivity index (χ2v) is 4.41. The summed E-state index contributed by atoms with van der Waals surface area (Å²) < 4.78 is 5.47. The van der Waals surface area contributed by atoms with Gasteiger partial charge in [-0.3, -0.25) is 0 Å². The molecule has 0 saturated carbocycles. The number of ether oxygens (including phenoxy) is 1. The molecule has 0 spiro atoms. The van der Waals surface area contributed by atoms with Crippen LogP contribution >= 0.6 is 12.4 Å². The van der Waals surface area contributed by atoms with Crippen molar-refractivity contribution in [2.75, 3.05) is 19.8 Å². The monoisotopic (exact) mass is 241 g/mol. The number of morpholine rings is 1. The Morgan fingerprint density at radius 3 is 2.81 bits per heavy atom. The molecule has 1 aromatic carbocycles. The first-order chi connectivity index (χ1) is 7.27. The van der Waals surface area contributed by atoms with Gasteiger partial charge in [-0.05, 0) is 17.0 Å². The molecule has 0 bridgehead atoms. The minimum atomic E-state index is 0. The number of nitrogens with one attached hydrogen (secondary N) is 1. The highest BCUT2D eigenvalue weighted by atomic mass is 35.5. The minimum absolute atomic E-state index is 0. The lowest BCUT2D eigenvalue weighted by Crippen LogP contribution is -2.34. The van der Waals surface area contributed by atoms with Gasteiger partial charge in [0.15, 0.2) is 0 Å². The number of hydrogen-bond acceptors (Lipinski definition) is 2. The van der Waals surface area contributed by atoms with Gasteiger partial charge in [-0.15, -0.1) is 12.4 Å². The Labute approximate surface area is 104 Å². The molecule has 1 heterocycles. The average molecular weight is 242 g/mol. The van der Waals surface area contributed by atoms with Crippen LogP contribution in [0.1, 0.15) is 36.9 Å². The predicted octanol–water partition coefficient (Wildman–Crippen LogP) is 2.89. The van der Waals surface area contributed by atoms with E-state index in [1.165, 1.54) is 11.1 Å². The highest BCUT2D eigenvalue weighted by molar-refractivity contribution is 5.85. The Kier molecular flexibility index (Phi) is 5.26. The van der Waals surface area contributed by atoms with Crippen LogP contribution in [0, 0.1) is 0 Å². The van der Waals surface area contributed by atoms with Gasteiger partial charge in [0, 0.05) is 6.54 Å². The molecule has 0 aliphatic carbocycles. The Bertz CT molecular complexity index is 321. The van der Waals surface area contributed by atoms with Crippen LogP contribution in [0.2, 0.25) is 0 Å². The van der Waals surface area contributed by atoms with E-state index >= 15 is 0 Å². The Balaban J connectivity index is 0.00000128. The molecule has 16 heavy (non-hydrogen) atoms. The molecule has 0 radical (unpaired) electrons. The third kappa shape index (κ3) is 3.21. The lowest BCUT2D eigenvalue weighted by atomic mass is 9.98. The van der Waals surface area contributed by atoms with E-state index < -0.39 is 0 Å². The fraction of sp³-hybridized carbons (Fsp3) is 0.538. The summed E-state index contributed by atoms with van der Waals surface area (Å²) in [6.07, 6.45) is 0. The van der Waals surface area contributed by atoms with Crippen LogP contribution in [0.3, 0.4) is 0 Å². The van der Waals surface area contributed by atoms with E-state index in [2.05, 4.69) is 43.4 Å². The van der Waals surface area contributed by atoms with E-state index in [4.69, 9.17) is 4.74 Å². The Hall–Kier alpha value is -0.570. The zero-order valence-corrected chi connectivity index (χ0v) is 10.7. The fourth-order valence-electron chi connectivity index (χ4n) is 1.91. The molecule has 1 fully saturated rings. The quantitative estimate of drug-likeness (QED) is 0.860. The summed E-state index contributed by atoms with van der Waals surface area (Å²) in [5.74, 6) is 0.592. The number of rotatable bonds is 2. The van der Waals surface area contributed by atoms with Crippen molar-refractivity contribution in [1.82, 2.24) is 5.32 Å². The van der Waals surface area contributed by atoms with Crippen molar-refractivity contribution in [3.05, 3.63) is 35.4 Å². The molecular formula is C13H20ClNO. The highest BCUT2D eigenvalue weighted by Gasteiger charge is 2.15. The van der Waals surface area contributed by atoms with Crippen LogP contribution in [0.25, 0.3) is 0 Å². The molecule has 1 aliphatic heterocycles. The second-order valence-electron chi connectivity index (χ2n) is 4.41. The van der Waals surface area contributed by atoms with Gasteiger partial charge in [-0.25, -0.2) is 0 Å². The zero-order chi connectivity index (χ0) is 10.7. The smallest absolute Gasteiger partial charge is 0.0662 e. The molecular weight excluding hydrogens is 222 g/mol. The molecule has 1 N–H and O–H groups in total. The van der Waals surface area contributed by atoms with Crippen LogP contribution in [0.4, 0.5) is 0 Å². The lowest BCUT2D eigenvalue weighted by molar-refractivity contribution is 0.0768. The van der Waals surface area contributed by atoms with Crippen LogP contribution in [-0.2, 0) is 4.74 Å². The second kappa shape index (κ2) is 6.24. The van der Waals surface area contributed by atoms with Crippen LogP contribution < -0.4 is 5.32 Å². The summed E-state index contributed by atoms with van der Waals surface area (Å²) in [6.45, 7) is 7.03. The van der Waals surface area contributed by atoms with E-state index in [1.54, 1.807) is 0 Å². The molecule has 1 aromatic rings. The van der Waals surface area contributed by atoms with Gasteiger partial charge < -0.3 is 10.1 Å². The van der Waals surface area contributed by atoms with Crippen molar-refractivity contribution in [2.45, 2.75) is 25.8 Å². The molecule has 3 heteroatoms. The number of benzene rings is 1. The number of hydrogen-bond donors (Lipinski definition) is 1. The average Bonchev–Trinajstić information content (AvgIpc) is 2.30. The first kappa shape index (κ1) is 13.5. The lowest BCUT2D eigenvalue weighted by Gasteiger charge is -2.24. The molecule has 1 aliphatic rings. The summed E-state index contributed by atoms with van der Waals surface area (Å²) in [7, 11) is 0. The van der Waals surface area contributed by atoms with E-state index in [-0.39, 0.29) is 12.4 Å². The van der Waals surface area contributed by atoms with Crippen molar-refractivity contribution >= 4 is 12.4 Å². The van der Waals surface area contributed by atoms with Crippen LogP contribution in [0.5, 0.6) is 0 Å². The van der Waals surface area contributed by atoms with Gasteiger partial charge in [-0.2, -0.15) is 0 Å². The van der Waals surface area contributed by atoms with Gasteiger partial charge in [0.05, 0.1) is 19.3 Å². The van der Waals surface area contributed by atoms with Crippen LogP contribution in [-0.4, -0.2) is 19.8 Å². The van der Waals surface area contributed by atoms with Crippen molar-refractivity contribution in [2.24, 2.45) is 0 Å². The van der Waals surface area contributed by atoms with Crippen molar-refractivity contribution < 1.29 is 4.74 Å². The molecule has 1 atom stereocenters. The molecule has 0 unspecified atom stereocenters. The van der Waals surface area contributed by atoms with Gasteiger partial charge in [0.1, 0.15) is 0 Å². The molecule has 2 rings (SSSR count). The summed E-state index contributed by atoms with van der Waals surface area (Å²) in [5, 5.41) is 3.48. The SMILES string of the molecule is CC(C)c1cccc([C@H]2COCCN2)c1.Cl. The van der Waals surface area contributed by atoms with Gasteiger partial charge in [-0.1, -0.05) is 38.1 Å². The van der Waals surface area contributed by atoms with E-state index in [1.807, 2.05) is 0 Å². The maximum absolute atomic E-state index is 5.47. The third-order valence-electron chi connectivity index (χ3n) is 2.90. The third-order valence-corrected chi connectivity index (χ3v) is 2.90. The molecule has 1 saturated heterocycles. The highest BCUT2D eigenvalue weighted by Crippen LogP contribution is 2.21. The van der Waals surface area contributed by atoms with E-state index in [9.17, 15) is 0 Å². The maximum atomic E-state index is 5.47. The summed E-state index contributed by atoms with van der Waals surface area (Å²) in [4.78, 5) is 0. The van der Waals surface area contributed by atoms with Gasteiger partial charge in [0.2, 0.25) is 0 Å². The first-order valence-corrected chi connectivity index (χ1v) is 5.68. The molecule has 0 amide bonds. The first-order valence-electron chi connectivity index (χ1n) is 5.68. The van der Waals surface area contributed by atoms with E-state index in [0.29, 0.717) is 12.0 Å². The summed E-state index contributed by atoms with van der Waals surface area (Å²) in [6, 6.07) is 9.17. The standard InChI is InChI=1S/C13H19NO.ClH/c1-10(2)11-4-3-5-12(8-11)13-9-15-7-6-14-13;/h3-5,8,10,13-14H,6-7,9H2,1-2H3;1H/t13-;/m1./s1. The zero-order valence-electron chi connectivity index (χ0n) is 9.90. The van der Waals surface area contributed by atoms with Crippen molar-refractivity contribution in [3.8, 4) is 0 Å². The molecule has 2 nitrogen and oxygen atoms in total. The Morgan fingerprint density at radius 1 is 1.38 bits per heavy atom.